The summed E-state index contributed by atoms with van der Waals surface area (Å²) in [6.07, 6.45) is 4.46. The van der Waals surface area contributed by atoms with Crippen LogP contribution < -0.4 is 5.32 Å². The molecule has 0 heterocycles. The van der Waals surface area contributed by atoms with Gasteiger partial charge in [0, 0.05) is 0 Å². The average Bonchev–Trinajstić information content (AvgIpc) is 2.82. The summed E-state index contributed by atoms with van der Waals surface area (Å²) < 4.78 is 0. The second kappa shape index (κ2) is 9.99. The van der Waals surface area contributed by atoms with Crippen molar-refractivity contribution in [2.24, 2.45) is 0 Å². The van der Waals surface area contributed by atoms with Gasteiger partial charge in [0.15, 0.2) is 0 Å². The van der Waals surface area contributed by atoms with Gasteiger partial charge in [-0.25, -0.2) is 0 Å². The molecule has 1 amide bonds. The summed E-state index contributed by atoms with van der Waals surface area (Å²) in [5.41, 5.74) is 3.96. The van der Waals surface area contributed by atoms with E-state index in [1.54, 1.807) is 24.3 Å². The molecule has 158 valence electrons. The Labute approximate surface area is 192 Å². The van der Waals surface area contributed by atoms with E-state index in [4.69, 9.17) is 11.6 Å². The van der Waals surface area contributed by atoms with Gasteiger partial charge in [-0.1, -0.05) is 109 Å². The van der Waals surface area contributed by atoms with Crippen molar-refractivity contribution in [2.45, 2.75) is 6.42 Å². The van der Waals surface area contributed by atoms with Crippen LogP contribution in [0.1, 0.15) is 21.5 Å². The van der Waals surface area contributed by atoms with Gasteiger partial charge >= 0.3 is 0 Å². The first-order chi connectivity index (χ1) is 15.6. The number of allylic oxidation sites excluding steroid dienone is 1. The highest BCUT2D eigenvalue weighted by Crippen LogP contribution is 2.35. The SMILES string of the molecule is O=C(Nc1ccccc1Cl)c1c(-c2ccccc2)ccc(C/C=C/c2ccccc2)c1O. The minimum Gasteiger partial charge on any atom is -0.507 e. The van der Waals surface area contributed by atoms with Crippen molar-refractivity contribution in [1.82, 2.24) is 0 Å². The van der Waals surface area contributed by atoms with Crippen molar-refractivity contribution in [3.8, 4) is 16.9 Å². The maximum atomic E-state index is 13.3. The predicted molar refractivity (Wildman–Crippen MR) is 132 cm³/mol. The predicted octanol–water partition coefficient (Wildman–Crippen LogP) is 7.22. The highest BCUT2D eigenvalue weighted by Gasteiger charge is 2.21. The lowest BCUT2D eigenvalue weighted by Crippen LogP contribution is -2.14. The molecular weight excluding hydrogens is 418 g/mol. The number of hydrogen-bond donors (Lipinski definition) is 2. The molecule has 0 atom stereocenters. The van der Waals surface area contributed by atoms with E-state index in [1.165, 1.54) is 0 Å². The lowest BCUT2D eigenvalue weighted by Gasteiger charge is -2.15. The van der Waals surface area contributed by atoms with E-state index in [0.717, 1.165) is 11.1 Å². The molecule has 0 aromatic heterocycles. The molecule has 32 heavy (non-hydrogen) atoms. The molecule has 0 unspecified atom stereocenters. The number of phenols is 1. The molecule has 0 spiro atoms. The summed E-state index contributed by atoms with van der Waals surface area (Å²) in [6.45, 7) is 0. The van der Waals surface area contributed by atoms with E-state index in [1.807, 2.05) is 84.9 Å². The molecule has 0 aliphatic rings. The minimum absolute atomic E-state index is 0.0337. The lowest BCUT2D eigenvalue weighted by molar-refractivity contribution is 0.102. The number of halogens is 1. The van der Waals surface area contributed by atoms with Crippen molar-refractivity contribution >= 4 is 29.3 Å². The number of benzene rings is 4. The van der Waals surface area contributed by atoms with Crippen LogP contribution in [0.15, 0.2) is 103 Å². The number of hydrogen-bond acceptors (Lipinski definition) is 2. The van der Waals surface area contributed by atoms with Crippen LogP contribution in [-0.4, -0.2) is 11.0 Å². The fourth-order valence-corrected chi connectivity index (χ4v) is 3.70. The summed E-state index contributed by atoms with van der Waals surface area (Å²) in [6, 6.07) is 30.2. The molecule has 0 aliphatic heterocycles. The maximum absolute atomic E-state index is 13.3. The topological polar surface area (TPSA) is 49.3 Å². The van der Waals surface area contributed by atoms with Crippen LogP contribution in [0.2, 0.25) is 5.02 Å². The zero-order valence-corrected chi connectivity index (χ0v) is 18.1. The fraction of sp³-hybridized carbons (Fsp3) is 0.0357. The number of carbonyl (C=O) groups is 1. The third-order valence-corrected chi connectivity index (χ3v) is 5.47. The fourth-order valence-electron chi connectivity index (χ4n) is 3.52. The Morgan fingerprint density at radius 3 is 2.22 bits per heavy atom. The van der Waals surface area contributed by atoms with Gasteiger partial charge < -0.3 is 10.4 Å². The molecule has 4 aromatic carbocycles. The zero-order valence-electron chi connectivity index (χ0n) is 17.3. The molecule has 3 nitrogen and oxygen atoms in total. The number of rotatable bonds is 6. The quantitative estimate of drug-likeness (QED) is 0.333. The van der Waals surface area contributed by atoms with Gasteiger partial charge in [-0.15, -0.1) is 0 Å². The average molecular weight is 440 g/mol. The van der Waals surface area contributed by atoms with Crippen molar-refractivity contribution in [1.29, 1.82) is 0 Å². The number of aromatic hydroxyl groups is 1. The summed E-state index contributed by atoms with van der Waals surface area (Å²) >= 11 is 6.22. The van der Waals surface area contributed by atoms with Gasteiger partial charge in [0.1, 0.15) is 5.75 Å². The Kier molecular flexibility index (Phi) is 6.69. The van der Waals surface area contributed by atoms with Crippen molar-refractivity contribution in [3.63, 3.8) is 0 Å². The molecule has 4 aromatic rings. The largest absolute Gasteiger partial charge is 0.507 e. The molecule has 0 saturated heterocycles. The molecule has 0 bridgehead atoms. The standard InChI is InChI=1S/C28H22ClNO2/c29-24-16-7-8-17-25(24)30-28(32)26-23(21-13-5-2-6-14-21)19-18-22(27(26)31)15-9-12-20-10-3-1-4-11-20/h1-14,16-19,31H,15H2,(H,30,32)/b12-9+. The van der Waals surface area contributed by atoms with Crippen molar-refractivity contribution in [3.05, 3.63) is 125 Å². The van der Waals surface area contributed by atoms with Crippen molar-refractivity contribution < 1.29 is 9.90 Å². The van der Waals surface area contributed by atoms with Gasteiger partial charge in [0.2, 0.25) is 0 Å². The molecule has 2 N–H and O–H groups in total. The zero-order chi connectivity index (χ0) is 22.3. The molecule has 4 rings (SSSR count). The molecule has 0 saturated carbocycles. The molecule has 4 heteroatoms. The van der Waals surface area contributed by atoms with Crippen LogP contribution in [0.4, 0.5) is 5.69 Å². The normalized spacial score (nSPS) is 10.9. The second-order valence-corrected chi connectivity index (χ2v) is 7.72. The van der Waals surface area contributed by atoms with E-state index < -0.39 is 5.91 Å². The number of nitrogens with one attached hydrogen (secondary N) is 1. The van der Waals surface area contributed by atoms with Gasteiger partial charge in [-0.3, -0.25) is 4.79 Å². The van der Waals surface area contributed by atoms with Crippen LogP contribution in [0.5, 0.6) is 5.75 Å². The van der Waals surface area contributed by atoms with Gasteiger partial charge in [0.25, 0.3) is 5.91 Å². The van der Waals surface area contributed by atoms with Crippen LogP contribution in [0, 0.1) is 0 Å². The number of para-hydroxylation sites is 1. The highest BCUT2D eigenvalue weighted by molar-refractivity contribution is 6.34. The van der Waals surface area contributed by atoms with E-state index in [2.05, 4.69) is 5.32 Å². The lowest BCUT2D eigenvalue weighted by atomic mass is 9.94. The Bertz CT molecular complexity index is 1250. The monoisotopic (exact) mass is 439 g/mol. The summed E-state index contributed by atoms with van der Waals surface area (Å²) in [7, 11) is 0. The van der Waals surface area contributed by atoms with Crippen LogP contribution in [-0.2, 0) is 6.42 Å². The summed E-state index contributed by atoms with van der Waals surface area (Å²) in [4.78, 5) is 13.3. The molecule has 0 fully saturated rings. The third kappa shape index (κ3) is 4.90. The Morgan fingerprint density at radius 2 is 1.50 bits per heavy atom. The van der Waals surface area contributed by atoms with Crippen LogP contribution >= 0.6 is 11.6 Å². The van der Waals surface area contributed by atoms with Crippen molar-refractivity contribution in [2.75, 3.05) is 5.32 Å². The first-order valence-corrected chi connectivity index (χ1v) is 10.7. The van der Waals surface area contributed by atoms with Gasteiger partial charge in [0.05, 0.1) is 16.3 Å². The number of carbonyl (C=O) groups excluding carboxylic acids is 1. The van der Waals surface area contributed by atoms with E-state index in [-0.39, 0.29) is 11.3 Å². The molecule has 0 aliphatic carbocycles. The molecular formula is C28H22ClNO2. The van der Waals surface area contributed by atoms with Crippen LogP contribution in [0.3, 0.4) is 0 Å². The second-order valence-electron chi connectivity index (χ2n) is 7.31. The minimum atomic E-state index is -0.414. The van der Waals surface area contributed by atoms with Crippen LogP contribution in [0.25, 0.3) is 17.2 Å². The Hall–Kier alpha value is -3.82. The number of anilines is 1. The maximum Gasteiger partial charge on any atom is 0.260 e. The number of phenolic OH excluding ortho intramolecular Hbond substituents is 1. The first-order valence-electron chi connectivity index (χ1n) is 10.3. The Morgan fingerprint density at radius 1 is 0.844 bits per heavy atom. The van der Waals surface area contributed by atoms with E-state index in [9.17, 15) is 9.90 Å². The van der Waals surface area contributed by atoms with E-state index >= 15 is 0 Å². The Balaban J connectivity index is 1.71. The van der Waals surface area contributed by atoms with Gasteiger partial charge in [-0.2, -0.15) is 0 Å². The third-order valence-electron chi connectivity index (χ3n) is 5.14. The smallest absolute Gasteiger partial charge is 0.260 e. The van der Waals surface area contributed by atoms with Gasteiger partial charge in [-0.05, 0) is 40.8 Å². The van der Waals surface area contributed by atoms with E-state index in [0.29, 0.717) is 28.3 Å². The first kappa shape index (κ1) is 21.4. The molecule has 0 radical (unpaired) electrons. The highest BCUT2D eigenvalue weighted by atomic mass is 35.5. The summed E-state index contributed by atoms with van der Waals surface area (Å²) in [5.74, 6) is -0.447. The summed E-state index contributed by atoms with van der Waals surface area (Å²) in [5, 5.41) is 14.4. The number of amides is 1.